The van der Waals surface area contributed by atoms with Crippen LogP contribution in [-0.4, -0.2) is 52.3 Å². The first kappa shape index (κ1) is 15.7. The number of aliphatic hydroxyl groups is 2. The Kier molecular flexibility index (Phi) is 5.05. The quantitative estimate of drug-likeness (QED) is 0.800. The third-order valence-electron chi connectivity index (χ3n) is 4.43. The van der Waals surface area contributed by atoms with E-state index >= 15 is 0 Å². The van der Waals surface area contributed by atoms with Crippen molar-refractivity contribution in [2.75, 3.05) is 26.3 Å². The lowest BCUT2D eigenvalue weighted by atomic mass is 10.1. The molecule has 4 nitrogen and oxygen atoms in total. The molecule has 2 N–H and O–H groups in total. The normalized spacial score (nSPS) is 17.0. The highest BCUT2D eigenvalue weighted by atomic mass is 16.3. The van der Waals surface area contributed by atoms with Crippen LogP contribution in [-0.2, 0) is 0 Å². The largest absolute Gasteiger partial charge is 0.392 e. The first-order valence-corrected chi connectivity index (χ1v) is 8.01. The lowest BCUT2D eigenvalue weighted by Gasteiger charge is -2.19. The highest BCUT2D eigenvalue weighted by Gasteiger charge is 2.31. The molecule has 0 aliphatic carbocycles. The van der Waals surface area contributed by atoms with Gasteiger partial charge >= 0.3 is 0 Å². The van der Waals surface area contributed by atoms with E-state index < -0.39 is 0 Å². The number of hydrogen-bond acceptors (Lipinski definition) is 3. The van der Waals surface area contributed by atoms with Crippen LogP contribution in [0.2, 0.25) is 0 Å². The van der Waals surface area contributed by atoms with E-state index in [0.717, 1.165) is 24.2 Å². The average molecular weight is 311 g/mol. The van der Waals surface area contributed by atoms with Crippen molar-refractivity contribution in [1.82, 2.24) is 4.90 Å². The number of benzene rings is 2. The van der Waals surface area contributed by atoms with Crippen molar-refractivity contribution in [3.8, 4) is 0 Å². The van der Waals surface area contributed by atoms with E-state index in [1.165, 1.54) is 0 Å². The molecule has 2 aromatic carbocycles. The maximum Gasteiger partial charge on any atom is 0.235 e. The van der Waals surface area contributed by atoms with E-state index in [-0.39, 0.29) is 25.3 Å². The smallest absolute Gasteiger partial charge is 0.235 e. The minimum atomic E-state index is -0.0451. The minimum Gasteiger partial charge on any atom is -0.392 e. The molecule has 0 saturated carbocycles. The lowest BCUT2D eigenvalue weighted by Crippen LogP contribution is -2.28. The SMILES string of the molecule is OC[C@H](c1ccccc1)N1C=[N+]([C@H](CO)c2ccccc2)CC1. The van der Waals surface area contributed by atoms with Gasteiger partial charge in [-0.3, -0.25) is 9.48 Å². The summed E-state index contributed by atoms with van der Waals surface area (Å²) in [5.74, 6) is 0. The van der Waals surface area contributed by atoms with E-state index in [0.29, 0.717) is 0 Å². The molecule has 0 saturated heterocycles. The third kappa shape index (κ3) is 3.44. The molecule has 23 heavy (non-hydrogen) atoms. The maximum atomic E-state index is 9.81. The number of rotatable bonds is 6. The van der Waals surface area contributed by atoms with Crippen LogP contribution in [0, 0.1) is 0 Å². The molecule has 0 spiro atoms. The summed E-state index contributed by atoms with van der Waals surface area (Å²) in [5, 5.41) is 19.6. The second kappa shape index (κ2) is 7.40. The molecule has 0 aromatic heterocycles. The standard InChI is InChI=1S/C19H23N2O2/c22-13-18(16-7-3-1-4-8-16)20-11-12-21(15-20)19(14-23)17-9-5-2-6-10-17/h1-10,15,18-19,22-23H,11-14H2/q+1/t18-,19-/m1/s1. The van der Waals surface area contributed by atoms with Gasteiger partial charge in [-0.25, -0.2) is 0 Å². The maximum absolute atomic E-state index is 9.81. The van der Waals surface area contributed by atoms with Gasteiger partial charge < -0.3 is 10.2 Å². The van der Waals surface area contributed by atoms with E-state index in [1.807, 2.05) is 67.0 Å². The molecule has 1 aliphatic rings. The summed E-state index contributed by atoms with van der Waals surface area (Å²) in [6.07, 6.45) is 2.04. The van der Waals surface area contributed by atoms with Crippen LogP contribution in [0.1, 0.15) is 23.2 Å². The van der Waals surface area contributed by atoms with E-state index in [2.05, 4.69) is 9.48 Å². The Morgan fingerprint density at radius 3 is 2.04 bits per heavy atom. The second-order valence-electron chi connectivity index (χ2n) is 5.81. The Balaban J connectivity index is 1.82. The minimum absolute atomic E-state index is 0.0451. The number of hydrogen-bond donors (Lipinski definition) is 2. The van der Waals surface area contributed by atoms with E-state index in [1.54, 1.807) is 0 Å². The fourth-order valence-electron chi connectivity index (χ4n) is 3.16. The monoisotopic (exact) mass is 311 g/mol. The molecule has 0 amide bonds. The highest BCUT2D eigenvalue weighted by molar-refractivity contribution is 5.52. The topological polar surface area (TPSA) is 46.7 Å². The lowest BCUT2D eigenvalue weighted by molar-refractivity contribution is -0.562. The molecule has 1 aliphatic heterocycles. The summed E-state index contributed by atoms with van der Waals surface area (Å²) in [5.41, 5.74) is 2.21. The van der Waals surface area contributed by atoms with Gasteiger partial charge in [-0.05, 0) is 11.1 Å². The summed E-state index contributed by atoms with van der Waals surface area (Å²) < 4.78 is 2.15. The van der Waals surface area contributed by atoms with Crippen LogP contribution in [0.15, 0.2) is 60.7 Å². The first-order valence-electron chi connectivity index (χ1n) is 8.01. The second-order valence-corrected chi connectivity index (χ2v) is 5.81. The first-order chi connectivity index (χ1) is 11.3. The van der Waals surface area contributed by atoms with Crippen molar-refractivity contribution in [2.45, 2.75) is 12.1 Å². The molecule has 0 unspecified atom stereocenters. The van der Waals surface area contributed by atoms with Crippen molar-refractivity contribution < 1.29 is 14.8 Å². The summed E-state index contributed by atoms with van der Waals surface area (Å²) in [6, 6.07) is 20.0. The third-order valence-corrected chi connectivity index (χ3v) is 4.43. The van der Waals surface area contributed by atoms with Gasteiger partial charge in [0, 0.05) is 0 Å². The van der Waals surface area contributed by atoms with Gasteiger partial charge in [0.25, 0.3) is 0 Å². The fraction of sp³-hybridized carbons (Fsp3) is 0.316. The molecular formula is C19H23N2O2+. The van der Waals surface area contributed by atoms with E-state index in [9.17, 15) is 10.2 Å². The fourth-order valence-corrected chi connectivity index (χ4v) is 3.16. The molecular weight excluding hydrogens is 288 g/mol. The van der Waals surface area contributed by atoms with Crippen molar-refractivity contribution in [2.24, 2.45) is 0 Å². The Labute approximate surface area is 136 Å². The molecule has 2 atom stereocenters. The molecule has 2 aromatic rings. The van der Waals surface area contributed by atoms with Gasteiger partial charge in [0.1, 0.15) is 25.2 Å². The Hall–Kier alpha value is -2.17. The van der Waals surface area contributed by atoms with Crippen molar-refractivity contribution in [3.63, 3.8) is 0 Å². The average Bonchev–Trinajstić information content (AvgIpc) is 3.08. The van der Waals surface area contributed by atoms with Crippen LogP contribution in [0.5, 0.6) is 0 Å². The van der Waals surface area contributed by atoms with Crippen molar-refractivity contribution in [1.29, 1.82) is 0 Å². The summed E-state index contributed by atoms with van der Waals surface area (Å²) >= 11 is 0. The van der Waals surface area contributed by atoms with Gasteiger partial charge in [0.15, 0.2) is 0 Å². The summed E-state index contributed by atoms with van der Waals surface area (Å²) in [4.78, 5) is 2.15. The van der Waals surface area contributed by atoms with Gasteiger partial charge in [-0.1, -0.05) is 60.7 Å². The van der Waals surface area contributed by atoms with Gasteiger partial charge in [-0.15, -0.1) is 0 Å². The number of aliphatic hydroxyl groups excluding tert-OH is 2. The molecule has 120 valence electrons. The Morgan fingerprint density at radius 2 is 1.48 bits per heavy atom. The highest BCUT2D eigenvalue weighted by Crippen LogP contribution is 2.23. The molecule has 3 rings (SSSR count). The zero-order chi connectivity index (χ0) is 16.1. The van der Waals surface area contributed by atoms with E-state index in [4.69, 9.17) is 0 Å². The zero-order valence-electron chi connectivity index (χ0n) is 13.1. The van der Waals surface area contributed by atoms with Gasteiger partial charge in [-0.2, -0.15) is 0 Å². The van der Waals surface area contributed by atoms with Crippen LogP contribution < -0.4 is 0 Å². The Morgan fingerprint density at radius 1 is 0.870 bits per heavy atom. The molecule has 0 fully saturated rings. The molecule has 0 bridgehead atoms. The van der Waals surface area contributed by atoms with Crippen molar-refractivity contribution >= 4 is 6.34 Å². The molecule has 0 radical (unpaired) electrons. The van der Waals surface area contributed by atoms with Crippen LogP contribution >= 0.6 is 0 Å². The van der Waals surface area contributed by atoms with Crippen molar-refractivity contribution in [3.05, 3.63) is 71.8 Å². The molecule has 4 heteroatoms. The zero-order valence-corrected chi connectivity index (χ0v) is 13.1. The Bertz CT molecular complexity index is 643. The molecule has 1 heterocycles. The van der Waals surface area contributed by atoms with Crippen LogP contribution in [0.25, 0.3) is 0 Å². The predicted molar refractivity (Wildman–Crippen MR) is 90.4 cm³/mol. The van der Waals surface area contributed by atoms with Gasteiger partial charge in [0.05, 0.1) is 13.2 Å². The summed E-state index contributed by atoms with van der Waals surface area (Å²) in [6.45, 7) is 1.82. The van der Waals surface area contributed by atoms with Crippen LogP contribution in [0.4, 0.5) is 0 Å². The predicted octanol–water partition coefficient (Wildman–Crippen LogP) is 1.81. The summed E-state index contributed by atoms with van der Waals surface area (Å²) in [7, 11) is 0. The van der Waals surface area contributed by atoms with Crippen LogP contribution in [0.3, 0.4) is 0 Å². The number of nitrogens with zero attached hydrogens (tertiary/aromatic N) is 2. The van der Waals surface area contributed by atoms with Gasteiger partial charge in [0.2, 0.25) is 6.34 Å².